The highest BCUT2D eigenvalue weighted by Crippen LogP contribution is 2.32. The number of sulfonamides is 1. The Bertz CT molecular complexity index is 833. The van der Waals surface area contributed by atoms with Gasteiger partial charge in [0.1, 0.15) is 0 Å². The van der Waals surface area contributed by atoms with E-state index in [9.17, 15) is 8.42 Å². The van der Waals surface area contributed by atoms with Gasteiger partial charge in [0, 0.05) is 17.5 Å². The van der Waals surface area contributed by atoms with Crippen molar-refractivity contribution in [2.45, 2.75) is 25.7 Å². The second kappa shape index (κ2) is 7.02. The third-order valence-electron chi connectivity index (χ3n) is 3.25. The molecular weight excluding hydrogens is 332 g/mol. The second-order valence-electron chi connectivity index (χ2n) is 5.18. The molecule has 0 radical (unpaired) electrons. The fourth-order valence-electron chi connectivity index (χ4n) is 2.20. The van der Waals surface area contributed by atoms with E-state index in [0.29, 0.717) is 17.1 Å². The molecule has 2 rings (SSSR count). The number of hydrazine groups is 1. The van der Waals surface area contributed by atoms with Gasteiger partial charge in [-0.1, -0.05) is 0 Å². The molecule has 0 unspecified atom stereocenters. The zero-order chi connectivity index (χ0) is 17.9. The van der Waals surface area contributed by atoms with Crippen molar-refractivity contribution in [1.29, 1.82) is 0 Å². The molecule has 0 bridgehead atoms. The molecule has 24 heavy (non-hydrogen) atoms. The van der Waals surface area contributed by atoms with Crippen LogP contribution in [0.2, 0.25) is 0 Å². The van der Waals surface area contributed by atoms with Crippen molar-refractivity contribution in [3.8, 4) is 11.5 Å². The quantitative estimate of drug-likeness (QED) is 0.763. The Hall–Kier alpha value is -2.39. The van der Waals surface area contributed by atoms with E-state index < -0.39 is 10.0 Å². The molecule has 8 nitrogen and oxygen atoms in total. The number of anilines is 1. The predicted molar refractivity (Wildman–Crippen MR) is 89.7 cm³/mol. The van der Waals surface area contributed by atoms with Gasteiger partial charge in [-0.05, 0) is 38.5 Å². The first-order chi connectivity index (χ1) is 11.3. The van der Waals surface area contributed by atoms with Gasteiger partial charge in [0.05, 0.1) is 19.1 Å². The van der Waals surface area contributed by atoms with E-state index >= 15 is 0 Å². The van der Waals surface area contributed by atoms with Crippen molar-refractivity contribution in [3.63, 3.8) is 0 Å². The second-order valence-corrected chi connectivity index (χ2v) is 6.83. The Morgan fingerprint density at radius 2 is 1.46 bits per heavy atom. The summed E-state index contributed by atoms with van der Waals surface area (Å²) >= 11 is 0. The van der Waals surface area contributed by atoms with Gasteiger partial charge in [0.15, 0.2) is 11.5 Å². The number of ether oxygens (including phenoxy) is 2. The number of hydrogen-bond acceptors (Lipinski definition) is 7. The maximum absolute atomic E-state index is 12.5. The number of nitrogens with one attached hydrogen (secondary N) is 2. The Morgan fingerprint density at radius 1 is 0.917 bits per heavy atom. The van der Waals surface area contributed by atoms with Crippen LogP contribution in [0.5, 0.6) is 11.5 Å². The van der Waals surface area contributed by atoms with Crippen LogP contribution >= 0.6 is 0 Å². The first-order valence-corrected chi connectivity index (χ1v) is 8.58. The smallest absolute Gasteiger partial charge is 0.257 e. The Balaban J connectivity index is 2.30. The summed E-state index contributed by atoms with van der Waals surface area (Å²) in [6.45, 7) is 5.27. The molecule has 130 valence electrons. The Morgan fingerprint density at radius 3 is 2.00 bits per heavy atom. The number of aromatic nitrogens is 2. The zero-order valence-corrected chi connectivity index (χ0v) is 15.0. The number of nitrogens with zero attached hydrogens (tertiary/aromatic N) is 2. The number of aryl methyl sites for hydroxylation is 3. The van der Waals surface area contributed by atoms with Gasteiger partial charge < -0.3 is 9.47 Å². The normalized spacial score (nSPS) is 11.2. The summed E-state index contributed by atoms with van der Waals surface area (Å²) in [5, 5.41) is 0. The molecule has 0 spiro atoms. The van der Waals surface area contributed by atoms with Gasteiger partial charge in [-0.15, -0.1) is 4.83 Å². The van der Waals surface area contributed by atoms with Gasteiger partial charge in [-0.2, -0.15) is 0 Å². The zero-order valence-electron chi connectivity index (χ0n) is 14.2. The van der Waals surface area contributed by atoms with E-state index in [1.165, 1.54) is 20.3 Å². The van der Waals surface area contributed by atoms with Crippen LogP contribution in [0.1, 0.15) is 17.0 Å². The molecule has 2 N–H and O–H groups in total. The van der Waals surface area contributed by atoms with Gasteiger partial charge in [0.2, 0.25) is 5.95 Å². The van der Waals surface area contributed by atoms with Crippen LogP contribution in [0.3, 0.4) is 0 Å². The van der Waals surface area contributed by atoms with Crippen LogP contribution in [0.25, 0.3) is 0 Å². The minimum Gasteiger partial charge on any atom is -0.493 e. The standard InChI is InChI=1S/C15H20N4O4S/c1-9-6-12(22-4)13(23-5)8-14(9)24(20,21)19-18-15-16-10(2)7-11(3)17-15/h6-8,19H,1-5H3,(H,16,17,18). The average Bonchev–Trinajstić information content (AvgIpc) is 2.51. The van der Waals surface area contributed by atoms with E-state index in [0.717, 1.165) is 11.4 Å². The topological polar surface area (TPSA) is 102 Å². The lowest BCUT2D eigenvalue weighted by Gasteiger charge is -2.14. The lowest BCUT2D eigenvalue weighted by molar-refractivity contribution is 0.353. The van der Waals surface area contributed by atoms with Gasteiger partial charge in [0.25, 0.3) is 10.0 Å². The van der Waals surface area contributed by atoms with Gasteiger partial charge in [-0.3, -0.25) is 5.43 Å². The summed E-state index contributed by atoms with van der Waals surface area (Å²) in [6, 6.07) is 4.79. The van der Waals surface area contributed by atoms with Crippen molar-refractivity contribution < 1.29 is 17.9 Å². The Labute approximate surface area is 141 Å². The van der Waals surface area contributed by atoms with E-state index in [2.05, 4.69) is 20.2 Å². The molecule has 0 atom stereocenters. The summed E-state index contributed by atoms with van der Waals surface area (Å²) < 4.78 is 35.4. The van der Waals surface area contributed by atoms with Crippen molar-refractivity contribution in [2.75, 3.05) is 19.6 Å². The SMILES string of the molecule is COc1cc(C)c(S(=O)(=O)NNc2nc(C)cc(C)n2)cc1OC. The highest BCUT2D eigenvalue weighted by Gasteiger charge is 2.20. The van der Waals surface area contributed by atoms with E-state index in [-0.39, 0.29) is 10.8 Å². The van der Waals surface area contributed by atoms with E-state index in [1.54, 1.807) is 32.9 Å². The largest absolute Gasteiger partial charge is 0.493 e. The molecule has 1 aromatic carbocycles. The molecule has 1 aromatic heterocycles. The monoisotopic (exact) mass is 352 g/mol. The minimum atomic E-state index is -3.85. The molecule has 0 saturated heterocycles. The fraction of sp³-hybridized carbons (Fsp3) is 0.333. The van der Waals surface area contributed by atoms with Crippen LogP contribution < -0.4 is 19.7 Å². The highest BCUT2D eigenvalue weighted by atomic mass is 32.2. The number of methoxy groups -OCH3 is 2. The fourth-order valence-corrected chi connectivity index (χ4v) is 3.28. The number of benzene rings is 1. The van der Waals surface area contributed by atoms with E-state index in [1.807, 2.05) is 0 Å². The summed E-state index contributed by atoms with van der Waals surface area (Å²) in [5.74, 6) is 0.958. The third kappa shape index (κ3) is 3.92. The molecule has 0 fully saturated rings. The summed E-state index contributed by atoms with van der Waals surface area (Å²) in [5.41, 5.74) is 4.50. The molecule has 0 saturated carbocycles. The summed E-state index contributed by atoms with van der Waals surface area (Å²) in [7, 11) is -0.917. The van der Waals surface area contributed by atoms with Crippen molar-refractivity contribution in [1.82, 2.24) is 14.8 Å². The van der Waals surface area contributed by atoms with Crippen LogP contribution in [0.4, 0.5) is 5.95 Å². The van der Waals surface area contributed by atoms with Crippen LogP contribution in [-0.2, 0) is 10.0 Å². The number of hydrogen-bond donors (Lipinski definition) is 2. The lowest BCUT2D eigenvalue weighted by Crippen LogP contribution is -2.31. The molecule has 0 aliphatic rings. The Kier molecular flexibility index (Phi) is 5.25. The maximum atomic E-state index is 12.5. The first kappa shape index (κ1) is 18.0. The summed E-state index contributed by atoms with van der Waals surface area (Å²) in [6.07, 6.45) is 0. The van der Waals surface area contributed by atoms with Crippen LogP contribution in [0.15, 0.2) is 23.1 Å². The minimum absolute atomic E-state index is 0.0667. The van der Waals surface area contributed by atoms with Crippen molar-refractivity contribution in [2.24, 2.45) is 0 Å². The predicted octanol–water partition coefficient (Wildman–Crippen LogP) is 1.72. The summed E-state index contributed by atoms with van der Waals surface area (Å²) in [4.78, 5) is 10.6. The third-order valence-corrected chi connectivity index (χ3v) is 4.64. The number of rotatable bonds is 6. The molecule has 9 heteroatoms. The maximum Gasteiger partial charge on any atom is 0.257 e. The van der Waals surface area contributed by atoms with Gasteiger partial charge in [-0.25, -0.2) is 18.4 Å². The highest BCUT2D eigenvalue weighted by molar-refractivity contribution is 7.89. The molecule has 1 heterocycles. The molecule has 0 aliphatic heterocycles. The van der Waals surface area contributed by atoms with Gasteiger partial charge >= 0.3 is 0 Å². The van der Waals surface area contributed by atoms with Crippen LogP contribution in [-0.4, -0.2) is 32.6 Å². The van der Waals surface area contributed by atoms with Crippen LogP contribution in [0, 0.1) is 20.8 Å². The molecular formula is C15H20N4O4S. The molecule has 0 amide bonds. The van der Waals surface area contributed by atoms with Crippen molar-refractivity contribution >= 4 is 16.0 Å². The van der Waals surface area contributed by atoms with E-state index in [4.69, 9.17) is 9.47 Å². The molecule has 0 aliphatic carbocycles. The average molecular weight is 352 g/mol. The molecule has 2 aromatic rings. The van der Waals surface area contributed by atoms with Crippen molar-refractivity contribution in [3.05, 3.63) is 35.2 Å². The lowest BCUT2D eigenvalue weighted by atomic mass is 10.2. The first-order valence-electron chi connectivity index (χ1n) is 7.09.